The van der Waals surface area contributed by atoms with Crippen LogP contribution in [-0.2, 0) is 6.42 Å². The Balaban J connectivity index is 2.06. The van der Waals surface area contributed by atoms with E-state index in [-0.39, 0.29) is 11.0 Å². The van der Waals surface area contributed by atoms with Gasteiger partial charge in [0.15, 0.2) is 11.5 Å². The van der Waals surface area contributed by atoms with E-state index in [0.717, 1.165) is 17.3 Å². The van der Waals surface area contributed by atoms with E-state index in [1.807, 2.05) is 24.3 Å². The van der Waals surface area contributed by atoms with Crippen molar-refractivity contribution in [3.63, 3.8) is 0 Å². The molecule has 2 aromatic carbocycles. The Morgan fingerprint density at radius 2 is 1.79 bits per heavy atom. The van der Waals surface area contributed by atoms with Gasteiger partial charge in [0.25, 0.3) is 5.56 Å². The summed E-state index contributed by atoms with van der Waals surface area (Å²) in [4.78, 5) is 18.0. The summed E-state index contributed by atoms with van der Waals surface area (Å²) >= 11 is 3.44. The van der Waals surface area contributed by atoms with Crippen LogP contribution in [-0.4, -0.2) is 36.7 Å². The van der Waals surface area contributed by atoms with Gasteiger partial charge < -0.3 is 14.2 Å². The zero-order chi connectivity index (χ0) is 24.9. The highest BCUT2D eigenvalue weighted by Gasteiger charge is 2.18. The van der Waals surface area contributed by atoms with Crippen LogP contribution in [0.15, 0.2) is 44.7 Å². The quantitative estimate of drug-likeness (QED) is 0.326. The Hall–Kier alpha value is -2.87. The number of aromatic nitrogens is 2. The van der Waals surface area contributed by atoms with Crippen LogP contribution in [0.1, 0.15) is 51.9 Å². The van der Waals surface area contributed by atoms with Crippen LogP contribution in [0.25, 0.3) is 10.9 Å². The van der Waals surface area contributed by atoms with Crippen LogP contribution >= 0.6 is 15.9 Å². The third-order valence-electron chi connectivity index (χ3n) is 5.08. The highest BCUT2D eigenvalue weighted by Crippen LogP contribution is 2.39. The number of methoxy groups -OCH3 is 2. The Labute approximate surface area is 208 Å². The molecule has 3 aromatic rings. The van der Waals surface area contributed by atoms with Gasteiger partial charge in [-0.25, -0.2) is 4.98 Å². The number of benzene rings is 2. The molecule has 0 aliphatic carbocycles. The molecule has 0 spiro atoms. The van der Waals surface area contributed by atoms with Crippen molar-refractivity contribution in [2.24, 2.45) is 10.5 Å². The zero-order valence-electron chi connectivity index (χ0n) is 20.6. The molecule has 0 fully saturated rings. The minimum Gasteiger partial charge on any atom is -0.493 e. The molecule has 0 N–H and O–H groups in total. The van der Waals surface area contributed by atoms with Crippen molar-refractivity contribution in [3.05, 3.63) is 56.5 Å². The largest absolute Gasteiger partial charge is 0.493 e. The van der Waals surface area contributed by atoms with Gasteiger partial charge in [0.05, 0.1) is 37.9 Å². The van der Waals surface area contributed by atoms with E-state index in [4.69, 9.17) is 19.2 Å². The lowest BCUT2D eigenvalue weighted by Gasteiger charge is -2.21. The molecule has 0 aliphatic heterocycles. The van der Waals surface area contributed by atoms with E-state index in [9.17, 15) is 4.79 Å². The summed E-state index contributed by atoms with van der Waals surface area (Å²) in [7, 11) is 3.16. The Morgan fingerprint density at radius 3 is 2.38 bits per heavy atom. The molecule has 0 atom stereocenters. The standard InChI is InChI=1S/C26H32BrN3O4/c1-7-8-9-23-29-20-11-10-18(27)14-19(20)25(31)30(23)28-15-17-12-21(32-5)24(22(13-17)33-6)34-16-26(2,3)4/h10-15H,7-9,16H2,1-6H3. The average Bonchev–Trinajstić information content (AvgIpc) is 2.80. The van der Waals surface area contributed by atoms with Gasteiger partial charge in [-0.05, 0) is 42.2 Å². The first-order valence-corrected chi connectivity index (χ1v) is 12.1. The molecule has 0 radical (unpaired) electrons. The fourth-order valence-electron chi connectivity index (χ4n) is 3.34. The summed E-state index contributed by atoms with van der Waals surface area (Å²) in [5.41, 5.74) is 1.14. The second-order valence-corrected chi connectivity index (χ2v) is 10.2. The summed E-state index contributed by atoms with van der Waals surface area (Å²) < 4.78 is 19.3. The predicted octanol–water partition coefficient (Wildman–Crippen LogP) is 5.83. The lowest BCUT2D eigenvalue weighted by molar-refractivity contribution is 0.184. The molecule has 7 nitrogen and oxygen atoms in total. The second-order valence-electron chi connectivity index (χ2n) is 9.26. The molecule has 1 heterocycles. The zero-order valence-corrected chi connectivity index (χ0v) is 22.2. The highest BCUT2D eigenvalue weighted by atomic mass is 79.9. The number of ether oxygens (including phenoxy) is 3. The van der Waals surface area contributed by atoms with Gasteiger partial charge in [-0.2, -0.15) is 9.78 Å². The van der Waals surface area contributed by atoms with Crippen molar-refractivity contribution in [1.82, 2.24) is 9.66 Å². The molecule has 1 aromatic heterocycles. The molecule has 0 aliphatic rings. The van der Waals surface area contributed by atoms with Crippen LogP contribution in [0.5, 0.6) is 17.2 Å². The minimum absolute atomic E-state index is 0.0235. The van der Waals surface area contributed by atoms with Gasteiger partial charge in [0.2, 0.25) is 5.75 Å². The summed E-state index contributed by atoms with van der Waals surface area (Å²) in [5, 5.41) is 5.03. The molecule has 0 saturated carbocycles. The molecule has 3 rings (SSSR count). The molecule has 0 amide bonds. The molecule has 182 valence electrons. The first-order valence-electron chi connectivity index (χ1n) is 11.3. The number of halogens is 1. The predicted molar refractivity (Wildman–Crippen MR) is 140 cm³/mol. The second kappa shape index (κ2) is 11.0. The lowest BCUT2D eigenvalue weighted by Crippen LogP contribution is -2.22. The molecular formula is C26H32BrN3O4. The molecular weight excluding hydrogens is 498 g/mol. The van der Waals surface area contributed by atoms with Gasteiger partial charge in [-0.1, -0.05) is 50.0 Å². The molecule has 34 heavy (non-hydrogen) atoms. The monoisotopic (exact) mass is 529 g/mol. The smallest absolute Gasteiger partial charge is 0.282 e. The van der Waals surface area contributed by atoms with Crippen LogP contribution in [0.3, 0.4) is 0 Å². The summed E-state index contributed by atoms with van der Waals surface area (Å²) in [6.45, 7) is 8.89. The number of hydrogen-bond acceptors (Lipinski definition) is 6. The van der Waals surface area contributed by atoms with Gasteiger partial charge in [-0.3, -0.25) is 4.79 Å². The third kappa shape index (κ3) is 6.17. The van der Waals surface area contributed by atoms with E-state index in [2.05, 4.69) is 48.7 Å². The number of nitrogens with zero attached hydrogens (tertiary/aromatic N) is 3. The first-order chi connectivity index (χ1) is 16.2. The summed E-state index contributed by atoms with van der Waals surface area (Å²) in [6, 6.07) is 9.12. The van der Waals surface area contributed by atoms with Crippen molar-refractivity contribution in [2.45, 2.75) is 47.0 Å². The maximum atomic E-state index is 13.3. The van der Waals surface area contributed by atoms with E-state index in [1.54, 1.807) is 26.5 Å². The SMILES string of the molecule is CCCCc1nc2ccc(Br)cc2c(=O)n1N=Cc1cc(OC)c(OCC(C)(C)C)c(OC)c1. The maximum absolute atomic E-state index is 13.3. The summed E-state index contributed by atoms with van der Waals surface area (Å²) in [6.07, 6.45) is 4.16. The molecule has 0 unspecified atom stereocenters. The minimum atomic E-state index is -0.210. The Morgan fingerprint density at radius 1 is 1.12 bits per heavy atom. The van der Waals surface area contributed by atoms with Crippen LogP contribution in [0, 0.1) is 5.41 Å². The van der Waals surface area contributed by atoms with Crippen LogP contribution < -0.4 is 19.8 Å². The molecule has 8 heteroatoms. The van der Waals surface area contributed by atoms with E-state index < -0.39 is 0 Å². The number of hydrogen-bond donors (Lipinski definition) is 0. The van der Waals surface area contributed by atoms with E-state index in [1.165, 1.54) is 4.68 Å². The first kappa shape index (κ1) is 25.7. The third-order valence-corrected chi connectivity index (χ3v) is 5.58. The highest BCUT2D eigenvalue weighted by molar-refractivity contribution is 9.10. The van der Waals surface area contributed by atoms with Crippen LogP contribution in [0.4, 0.5) is 0 Å². The number of rotatable bonds is 9. The van der Waals surface area contributed by atoms with Gasteiger partial charge in [0.1, 0.15) is 5.82 Å². The molecule has 0 saturated heterocycles. The Kier molecular flexibility index (Phi) is 8.36. The van der Waals surface area contributed by atoms with E-state index in [0.29, 0.717) is 52.6 Å². The van der Waals surface area contributed by atoms with Crippen molar-refractivity contribution in [3.8, 4) is 17.2 Å². The fraction of sp³-hybridized carbons (Fsp3) is 0.423. The topological polar surface area (TPSA) is 74.9 Å². The van der Waals surface area contributed by atoms with Gasteiger partial charge >= 0.3 is 0 Å². The number of fused-ring (bicyclic) bond motifs is 1. The maximum Gasteiger partial charge on any atom is 0.282 e. The van der Waals surface area contributed by atoms with E-state index >= 15 is 0 Å². The Bertz CT molecular complexity index is 1220. The molecule has 0 bridgehead atoms. The number of unbranched alkanes of at least 4 members (excludes halogenated alkanes) is 1. The average molecular weight is 530 g/mol. The summed E-state index contributed by atoms with van der Waals surface area (Å²) in [5.74, 6) is 2.23. The van der Waals surface area contributed by atoms with Crippen LogP contribution in [0.2, 0.25) is 0 Å². The fourth-order valence-corrected chi connectivity index (χ4v) is 3.70. The van der Waals surface area contributed by atoms with Gasteiger partial charge in [0, 0.05) is 16.5 Å². The number of aryl methyl sites for hydroxylation is 1. The normalized spacial score (nSPS) is 11.9. The van der Waals surface area contributed by atoms with Crippen molar-refractivity contribution in [1.29, 1.82) is 0 Å². The van der Waals surface area contributed by atoms with Gasteiger partial charge in [-0.15, -0.1) is 0 Å². The lowest BCUT2D eigenvalue weighted by atomic mass is 9.99. The van der Waals surface area contributed by atoms with Crippen molar-refractivity contribution < 1.29 is 14.2 Å². The van der Waals surface area contributed by atoms with Crippen molar-refractivity contribution in [2.75, 3.05) is 20.8 Å². The van der Waals surface area contributed by atoms with Crippen molar-refractivity contribution >= 4 is 33.0 Å².